The molecule has 0 saturated heterocycles. The molecule has 0 aromatic rings. The molecule has 0 spiro atoms. The van der Waals surface area contributed by atoms with Crippen LogP contribution in [0.5, 0.6) is 0 Å². The third-order valence-corrected chi connectivity index (χ3v) is 11.3. The number of allylic oxidation sites excluding steroid dienone is 1. The highest BCUT2D eigenvalue weighted by Gasteiger charge is 2.59. The van der Waals surface area contributed by atoms with Crippen LogP contribution in [0.2, 0.25) is 0 Å². The molecule has 0 amide bonds. The number of aliphatic hydroxyl groups is 2. The summed E-state index contributed by atoms with van der Waals surface area (Å²) in [6.07, 6.45) is 17.8. The van der Waals surface area contributed by atoms with Crippen LogP contribution in [-0.2, 0) is 0 Å². The van der Waals surface area contributed by atoms with Crippen molar-refractivity contribution in [3.8, 4) is 0 Å². The van der Waals surface area contributed by atoms with Crippen molar-refractivity contribution in [1.29, 1.82) is 0 Å². The summed E-state index contributed by atoms with van der Waals surface area (Å²) in [5.74, 6) is 4.06. The van der Waals surface area contributed by atoms with Gasteiger partial charge in [-0.15, -0.1) is 0 Å². The monoisotopic (exact) mass is 444 g/mol. The first kappa shape index (κ1) is 24.8. The predicted molar refractivity (Wildman–Crippen MR) is 134 cm³/mol. The lowest BCUT2D eigenvalue weighted by molar-refractivity contribution is -0.0715. The van der Waals surface area contributed by atoms with Crippen molar-refractivity contribution in [2.24, 2.45) is 40.4 Å². The van der Waals surface area contributed by atoms with Gasteiger partial charge in [0.1, 0.15) is 0 Å². The van der Waals surface area contributed by atoms with Crippen LogP contribution < -0.4 is 0 Å². The Balaban J connectivity index is 1.45. The Morgan fingerprint density at radius 3 is 2.53 bits per heavy atom. The molecule has 2 heteroatoms. The normalized spacial score (nSPS) is 46.4. The summed E-state index contributed by atoms with van der Waals surface area (Å²) in [6, 6.07) is 0. The van der Waals surface area contributed by atoms with Crippen LogP contribution >= 0.6 is 0 Å². The fraction of sp³-hybridized carbons (Fsp3) is 0.933. The van der Waals surface area contributed by atoms with Crippen LogP contribution in [0.3, 0.4) is 0 Å². The van der Waals surface area contributed by atoms with Gasteiger partial charge in [-0.1, -0.05) is 52.2 Å². The smallest absolute Gasteiger partial charge is 0.0657 e. The molecule has 2 nitrogen and oxygen atoms in total. The molecular formula is C30H52O2. The van der Waals surface area contributed by atoms with Crippen LogP contribution in [0.4, 0.5) is 0 Å². The molecule has 0 aliphatic heterocycles. The zero-order valence-electron chi connectivity index (χ0n) is 22.1. The summed E-state index contributed by atoms with van der Waals surface area (Å²) in [7, 11) is 0. The molecule has 4 aliphatic rings. The third-order valence-electron chi connectivity index (χ3n) is 11.3. The largest absolute Gasteiger partial charge is 0.390 e. The van der Waals surface area contributed by atoms with Gasteiger partial charge in [-0.2, -0.15) is 0 Å². The van der Waals surface area contributed by atoms with Crippen molar-refractivity contribution in [3.05, 3.63) is 11.6 Å². The SMILES string of the molecule is CCCC[C@@](C)(O)CC[C@@H](C)C1CC[C@H]2[C@@H]3CC=C4C[C@@](C)(O)CC[C@]4(C)[C@H]3CC[C@]12C. The van der Waals surface area contributed by atoms with Gasteiger partial charge < -0.3 is 10.2 Å². The van der Waals surface area contributed by atoms with Crippen molar-refractivity contribution in [3.63, 3.8) is 0 Å². The van der Waals surface area contributed by atoms with Crippen LogP contribution in [-0.4, -0.2) is 21.4 Å². The van der Waals surface area contributed by atoms with E-state index in [0.29, 0.717) is 16.7 Å². The summed E-state index contributed by atoms with van der Waals surface area (Å²) >= 11 is 0. The number of hydrogen-bond acceptors (Lipinski definition) is 2. The average Bonchev–Trinajstić information content (AvgIpc) is 3.08. The van der Waals surface area contributed by atoms with Crippen LogP contribution in [0.1, 0.15) is 125 Å². The maximum absolute atomic E-state index is 10.8. The number of unbranched alkanes of at least 4 members (excludes halogenated alkanes) is 1. The predicted octanol–water partition coefficient (Wildman–Crippen LogP) is 7.67. The number of rotatable bonds is 7. The second-order valence-electron chi connectivity index (χ2n) is 13.8. The summed E-state index contributed by atoms with van der Waals surface area (Å²) < 4.78 is 0. The molecule has 0 heterocycles. The molecule has 9 atom stereocenters. The second-order valence-corrected chi connectivity index (χ2v) is 13.8. The molecule has 3 saturated carbocycles. The zero-order valence-corrected chi connectivity index (χ0v) is 22.1. The highest BCUT2D eigenvalue weighted by molar-refractivity contribution is 5.26. The van der Waals surface area contributed by atoms with Crippen molar-refractivity contribution >= 4 is 0 Å². The average molecular weight is 445 g/mol. The topological polar surface area (TPSA) is 40.5 Å². The fourth-order valence-corrected chi connectivity index (χ4v) is 9.20. The molecule has 0 aromatic heterocycles. The Kier molecular flexibility index (Phi) is 6.74. The highest BCUT2D eigenvalue weighted by atomic mass is 16.3. The van der Waals surface area contributed by atoms with Crippen molar-refractivity contribution in [2.75, 3.05) is 0 Å². The van der Waals surface area contributed by atoms with Gasteiger partial charge >= 0.3 is 0 Å². The minimum absolute atomic E-state index is 0.328. The van der Waals surface area contributed by atoms with E-state index in [1.165, 1.54) is 51.4 Å². The molecule has 4 rings (SSSR count). The Labute approximate surface area is 198 Å². The molecule has 4 aliphatic carbocycles. The minimum Gasteiger partial charge on any atom is -0.390 e. The van der Waals surface area contributed by atoms with Gasteiger partial charge in [-0.05, 0) is 125 Å². The van der Waals surface area contributed by atoms with E-state index in [9.17, 15) is 10.2 Å². The fourth-order valence-electron chi connectivity index (χ4n) is 9.20. The van der Waals surface area contributed by atoms with Gasteiger partial charge in [0.25, 0.3) is 0 Å². The van der Waals surface area contributed by atoms with Gasteiger partial charge in [0.2, 0.25) is 0 Å². The lowest BCUT2D eigenvalue weighted by atomic mass is 9.46. The molecule has 2 N–H and O–H groups in total. The van der Waals surface area contributed by atoms with Crippen LogP contribution in [0, 0.1) is 40.4 Å². The quantitative estimate of drug-likeness (QED) is 0.395. The van der Waals surface area contributed by atoms with Crippen molar-refractivity contribution in [1.82, 2.24) is 0 Å². The molecule has 0 radical (unpaired) electrons. The van der Waals surface area contributed by atoms with Crippen LogP contribution in [0.25, 0.3) is 0 Å². The summed E-state index contributed by atoms with van der Waals surface area (Å²) in [6.45, 7) is 14.0. The third kappa shape index (κ3) is 4.37. The van der Waals surface area contributed by atoms with Crippen LogP contribution in [0.15, 0.2) is 11.6 Å². The van der Waals surface area contributed by atoms with Crippen molar-refractivity contribution in [2.45, 2.75) is 136 Å². The van der Waals surface area contributed by atoms with E-state index >= 15 is 0 Å². The number of fused-ring (bicyclic) bond motifs is 5. The number of hydrogen-bond donors (Lipinski definition) is 2. The van der Waals surface area contributed by atoms with E-state index in [4.69, 9.17) is 0 Å². The molecule has 0 bridgehead atoms. The summed E-state index contributed by atoms with van der Waals surface area (Å²) in [5.41, 5.74) is 1.41. The van der Waals surface area contributed by atoms with E-state index in [2.05, 4.69) is 40.7 Å². The lowest BCUT2D eigenvalue weighted by Crippen LogP contribution is -2.52. The Morgan fingerprint density at radius 1 is 1.06 bits per heavy atom. The molecule has 1 unspecified atom stereocenters. The van der Waals surface area contributed by atoms with Gasteiger partial charge in [-0.25, -0.2) is 0 Å². The summed E-state index contributed by atoms with van der Waals surface area (Å²) in [5, 5.41) is 21.5. The Hall–Kier alpha value is -0.340. The second kappa shape index (κ2) is 8.71. The van der Waals surface area contributed by atoms with Crippen molar-refractivity contribution < 1.29 is 10.2 Å². The van der Waals surface area contributed by atoms with E-state index < -0.39 is 11.2 Å². The lowest BCUT2D eigenvalue weighted by Gasteiger charge is -2.59. The highest BCUT2D eigenvalue weighted by Crippen LogP contribution is 2.67. The summed E-state index contributed by atoms with van der Waals surface area (Å²) in [4.78, 5) is 0. The zero-order chi connectivity index (χ0) is 23.4. The van der Waals surface area contributed by atoms with E-state index in [0.717, 1.165) is 55.8 Å². The van der Waals surface area contributed by atoms with Gasteiger partial charge in [0.15, 0.2) is 0 Å². The van der Waals surface area contributed by atoms with E-state index in [1.807, 2.05) is 6.92 Å². The van der Waals surface area contributed by atoms with E-state index in [1.54, 1.807) is 5.57 Å². The molecule has 32 heavy (non-hydrogen) atoms. The Morgan fingerprint density at radius 2 is 1.81 bits per heavy atom. The van der Waals surface area contributed by atoms with E-state index in [-0.39, 0.29) is 0 Å². The first-order valence-electron chi connectivity index (χ1n) is 14.1. The van der Waals surface area contributed by atoms with Gasteiger partial charge in [0.05, 0.1) is 11.2 Å². The molecule has 184 valence electrons. The maximum atomic E-state index is 10.8. The standard InChI is InChI=1S/C30H52O2/c1-7-8-15-27(3,31)16-13-21(2)24-11-12-25-23-10-9-22-20-28(4,32)18-19-29(22,5)26(23)14-17-30(24,25)6/h9,21,23-26,31-32H,7-8,10-20H2,1-6H3/t21-,23+,24?,25+,26+,27-,28+,29+,30-/m1/s1. The molecule has 3 fully saturated rings. The molecule has 0 aromatic carbocycles. The first-order chi connectivity index (χ1) is 14.9. The molecular weight excluding hydrogens is 392 g/mol. The van der Waals surface area contributed by atoms with Gasteiger partial charge in [-0.3, -0.25) is 0 Å². The van der Waals surface area contributed by atoms with Gasteiger partial charge in [0, 0.05) is 0 Å². The maximum Gasteiger partial charge on any atom is 0.0657 e. The minimum atomic E-state index is -0.492. The first-order valence-corrected chi connectivity index (χ1v) is 14.1. The Bertz CT molecular complexity index is 706.